The molecule has 0 amide bonds. The number of carbonyl (C=O) groups is 1. The van der Waals surface area contributed by atoms with E-state index < -0.39 is 0 Å². The van der Waals surface area contributed by atoms with Crippen LogP contribution in [-0.2, 0) is 11.2 Å². The number of hydrogen-bond acceptors (Lipinski definition) is 1. The third-order valence-corrected chi connectivity index (χ3v) is 2.54. The Bertz CT molecular complexity index is 327. The second kappa shape index (κ2) is 4.72. The Kier molecular flexibility index (Phi) is 3.88. The van der Waals surface area contributed by atoms with Crippen molar-refractivity contribution in [2.24, 2.45) is 0 Å². The van der Waals surface area contributed by atoms with Gasteiger partial charge in [0.1, 0.15) is 11.6 Å². The highest BCUT2D eigenvalue weighted by atomic mass is 79.9. The van der Waals surface area contributed by atoms with Gasteiger partial charge >= 0.3 is 0 Å². The van der Waals surface area contributed by atoms with Gasteiger partial charge in [0.25, 0.3) is 0 Å². The van der Waals surface area contributed by atoms with Gasteiger partial charge in [-0.15, -0.1) is 0 Å². The summed E-state index contributed by atoms with van der Waals surface area (Å²) in [7, 11) is 0. The van der Waals surface area contributed by atoms with Crippen molar-refractivity contribution in [3.05, 3.63) is 34.6 Å². The lowest BCUT2D eigenvalue weighted by Crippen LogP contribution is -2.04. The van der Waals surface area contributed by atoms with E-state index in [4.69, 9.17) is 11.6 Å². The lowest BCUT2D eigenvalue weighted by atomic mass is 10.1. The summed E-state index contributed by atoms with van der Waals surface area (Å²) in [5, 5.41) is 0.690. The van der Waals surface area contributed by atoms with Crippen molar-refractivity contribution in [3.63, 3.8) is 0 Å². The van der Waals surface area contributed by atoms with Crippen LogP contribution < -0.4 is 0 Å². The second-order valence-electron chi connectivity index (χ2n) is 2.58. The highest BCUT2D eigenvalue weighted by Gasteiger charge is 2.06. The first-order chi connectivity index (χ1) is 6.13. The smallest absolute Gasteiger partial charge is 0.147 e. The SMILES string of the molecule is O=C(CBr)Cc1cc(F)ccc1Cl. The molecule has 0 fully saturated rings. The first kappa shape index (κ1) is 10.7. The van der Waals surface area contributed by atoms with Crippen molar-refractivity contribution >= 4 is 33.3 Å². The minimum atomic E-state index is -0.373. The summed E-state index contributed by atoms with van der Waals surface area (Å²) in [6, 6.07) is 4.00. The Labute approximate surface area is 89.0 Å². The molecule has 0 spiro atoms. The van der Waals surface area contributed by atoms with Crippen molar-refractivity contribution in [1.82, 2.24) is 0 Å². The molecule has 1 aromatic carbocycles. The molecule has 0 unspecified atom stereocenters. The monoisotopic (exact) mass is 264 g/mol. The molecule has 0 atom stereocenters. The molecule has 1 nitrogen and oxygen atoms in total. The van der Waals surface area contributed by atoms with Crippen molar-refractivity contribution in [3.8, 4) is 0 Å². The fraction of sp³-hybridized carbons (Fsp3) is 0.222. The summed E-state index contributed by atoms with van der Waals surface area (Å²) in [5.41, 5.74) is 0.533. The number of Topliss-reactive ketones (excluding diaryl/α,β-unsaturated/α-hetero) is 1. The summed E-state index contributed by atoms with van der Waals surface area (Å²) in [5.74, 6) is -0.394. The van der Waals surface area contributed by atoms with E-state index in [1.807, 2.05) is 0 Å². The predicted molar refractivity (Wildman–Crippen MR) is 53.9 cm³/mol. The lowest BCUT2D eigenvalue weighted by Gasteiger charge is -2.01. The lowest BCUT2D eigenvalue weighted by molar-refractivity contribution is -0.115. The molecule has 0 saturated heterocycles. The van der Waals surface area contributed by atoms with Crippen LogP contribution in [-0.4, -0.2) is 11.1 Å². The molecule has 0 saturated carbocycles. The van der Waals surface area contributed by atoms with Crippen LogP contribution in [0, 0.1) is 5.82 Å². The molecule has 4 heteroatoms. The summed E-state index contributed by atoms with van der Waals surface area (Å²) in [6.45, 7) is 0. The van der Waals surface area contributed by atoms with E-state index in [1.54, 1.807) is 0 Å². The van der Waals surface area contributed by atoms with Crippen LogP contribution in [0.4, 0.5) is 4.39 Å². The van der Waals surface area contributed by atoms with Gasteiger partial charge in [0.05, 0.1) is 5.33 Å². The third kappa shape index (κ3) is 3.08. The first-order valence-electron chi connectivity index (χ1n) is 3.65. The van der Waals surface area contributed by atoms with Gasteiger partial charge in [-0.3, -0.25) is 4.79 Å². The minimum absolute atomic E-state index is 0.0208. The highest BCUT2D eigenvalue weighted by molar-refractivity contribution is 9.09. The topological polar surface area (TPSA) is 17.1 Å². The largest absolute Gasteiger partial charge is 0.298 e. The first-order valence-corrected chi connectivity index (χ1v) is 5.15. The zero-order valence-electron chi connectivity index (χ0n) is 6.69. The molecule has 0 aliphatic carbocycles. The van der Waals surface area contributed by atoms with E-state index in [1.165, 1.54) is 18.2 Å². The molecule has 0 heterocycles. The minimum Gasteiger partial charge on any atom is -0.298 e. The number of alkyl halides is 1. The second-order valence-corrected chi connectivity index (χ2v) is 3.55. The van der Waals surface area contributed by atoms with Crippen molar-refractivity contribution in [2.45, 2.75) is 6.42 Å². The van der Waals surface area contributed by atoms with E-state index in [0.29, 0.717) is 10.6 Å². The quantitative estimate of drug-likeness (QED) is 0.768. The molecule has 1 rings (SSSR count). The van der Waals surface area contributed by atoms with E-state index in [9.17, 15) is 9.18 Å². The molecule has 0 aromatic heterocycles. The maximum Gasteiger partial charge on any atom is 0.147 e. The van der Waals surface area contributed by atoms with Crippen LogP contribution >= 0.6 is 27.5 Å². The van der Waals surface area contributed by atoms with Gasteiger partial charge in [-0.2, -0.15) is 0 Å². The molecule has 0 bridgehead atoms. The summed E-state index contributed by atoms with van der Waals surface area (Å²) in [4.78, 5) is 11.0. The normalized spacial score (nSPS) is 10.1. The number of benzene rings is 1. The van der Waals surface area contributed by atoms with Crippen LogP contribution in [0.1, 0.15) is 5.56 Å². The zero-order chi connectivity index (χ0) is 9.84. The van der Waals surface area contributed by atoms with Crippen LogP contribution in [0.2, 0.25) is 5.02 Å². The van der Waals surface area contributed by atoms with Gasteiger partial charge in [-0.05, 0) is 23.8 Å². The number of ketones is 1. The average molecular weight is 266 g/mol. The van der Waals surface area contributed by atoms with Gasteiger partial charge in [-0.25, -0.2) is 4.39 Å². The van der Waals surface area contributed by atoms with Crippen LogP contribution in [0.15, 0.2) is 18.2 Å². The molecule has 0 aliphatic rings. The van der Waals surface area contributed by atoms with Gasteiger partial charge in [0, 0.05) is 11.4 Å². The number of halogens is 3. The fourth-order valence-corrected chi connectivity index (χ4v) is 1.32. The number of rotatable bonds is 3. The predicted octanol–water partition coefficient (Wildman–Crippen LogP) is 2.99. The third-order valence-electron chi connectivity index (χ3n) is 1.54. The molecule has 70 valence electrons. The van der Waals surface area contributed by atoms with Crippen molar-refractivity contribution in [1.29, 1.82) is 0 Å². The molecule has 0 radical (unpaired) electrons. The zero-order valence-corrected chi connectivity index (χ0v) is 9.03. The van der Waals surface area contributed by atoms with E-state index in [0.717, 1.165) is 0 Å². The molecular formula is C9H7BrClFO. The van der Waals surface area contributed by atoms with Gasteiger partial charge in [0.2, 0.25) is 0 Å². The summed E-state index contributed by atoms with van der Waals surface area (Å²) >= 11 is 8.79. The van der Waals surface area contributed by atoms with E-state index in [2.05, 4.69) is 15.9 Å². The summed E-state index contributed by atoms with van der Waals surface area (Å²) < 4.78 is 12.7. The Morgan fingerprint density at radius 2 is 2.23 bits per heavy atom. The van der Waals surface area contributed by atoms with E-state index >= 15 is 0 Å². The van der Waals surface area contributed by atoms with Gasteiger partial charge in [0.15, 0.2) is 0 Å². The molecule has 13 heavy (non-hydrogen) atoms. The van der Waals surface area contributed by atoms with E-state index in [-0.39, 0.29) is 23.4 Å². The molecule has 1 aromatic rings. The van der Waals surface area contributed by atoms with Crippen molar-refractivity contribution < 1.29 is 9.18 Å². The maximum absolute atomic E-state index is 12.7. The average Bonchev–Trinajstić information content (AvgIpc) is 2.11. The number of hydrogen-bond donors (Lipinski definition) is 0. The Balaban J connectivity index is 2.87. The highest BCUT2D eigenvalue weighted by Crippen LogP contribution is 2.17. The standard InChI is InChI=1S/C9H7BrClFO/c10-5-8(13)4-6-3-7(12)1-2-9(6)11/h1-3H,4-5H2. The summed E-state index contributed by atoms with van der Waals surface area (Å²) in [6.07, 6.45) is 0.168. The van der Waals surface area contributed by atoms with Gasteiger partial charge in [-0.1, -0.05) is 27.5 Å². The van der Waals surface area contributed by atoms with Crippen molar-refractivity contribution in [2.75, 3.05) is 5.33 Å². The Morgan fingerprint density at radius 1 is 1.54 bits per heavy atom. The van der Waals surface area contributed by atoms with Gasteiger partial charge < -0.3 is 0 Å². The van der Waals surface area contributed by atoms with Crippen LogP contribution in [0.25, 0.3) is 0 Å². The molecular weight excluding hydrogens is 258 g/mol. The maximum atomic E-state index is 12.7. The van der Waals surface area contributed by atoms with Crippen LogP contribution in [0.5, 0.6) is 0 Å². The molecule has 0 aliphatic heterocycles. The molecule has 0 N–H and O–H groups in total. The fourth-order valence-electron chi connectivity index (χ4n) is 0.938. The Morgan fingerprint density at radius 3 is 2.85 bits per heavy atom. The van der Waals surface area contributed by atoms with Crippen LogP contribution in [0.3, 0.4) is 0 Å². The number of carbonyl (C=O) groups excluding carboxylic acids is 1. The Hall–Kier alpha value is -0.410.